The number of aliphatic imine (C=N–C) groups is 1. The Labute approximate surface area is 609 Å². The van der Waals surface area contributed by atoms with Crippen molar-refractivity contribution in [3.63, 3.8) is 0 Å². The maximum absolute atomic E-state index is 15.7. The molecule has 2 unspecified atom stereocenters. The summed E-state index contributed by atoms with van der Waals surface area (Å²) in [7, 11) is 4.72. The lowest BCUT2D eigenvalue weighted by Crippen LogP contribution is -2.81. The fourth-order valence-corrected chi connectivity index (χ4v) is 18.7. The van der Waals surface area contributed by atoms with Crippen LogP contribution in [0.15, 0.2) is 93.9 Å². The zero-order chi connectivity index (χ0) is 76.0. The molecule has 2 bridgehead atoms. The second-order valence-electron chi connectivity index (χ2n) is 28.7. The van der Waals surface area contributed by atoms with Crippen molar-refractivity contribution in [1.29, 1.82) is 0 Å². The van der Waals surface area contributed by atoms with Crippen LogP contribution in [0.5, 0.6) is 17.5 Å². The Hall–Kier alpha value is -9.73. The summed E-state index contributed by atoms with van der Waals surface area (Å²) in [6.45, 7) is 10.0. The number of hydrogen-bond acceptors (Lipinski definition) is 21. The molecule has 1 aliphatic carbocycles. The Morgan fingerprint density at radius 3 is 2.15 bits per heavy atom. The number of rotatable bonds is 27. The van der Waals surface area contributed by atoms with Gasteiger partial charge in [0.25, 0.3) is 5.91 Å². The van der Waals surface area contributed by atoms with E-state index in [1.54, 1.807) is 33.2 Å². The number of hydrazone groups is 1. The van der Waals surface area contributed by atoms with Gasteiger partial charge < -0.3 is 87.6 Å². The molecule has 31 nitrogen and oxygen atoms in total. The highest BCUT2D eigenvalue weighted by Crippen LogP contribution is 2.68. The molecule has 105 heavy (non-hydrogen) atoms. The molecular formula is C73H93N13O18S. The number of aromatic amines is 1. The van der Waals surface area contributed by atoms with Gasteiger partial charge in [-0.1, -0.05) is 63.3 Å². The Balaban J connectivity index is 0.844. The average Bonchev–Trinajstić information content (AvgIpc) is 1.49. The van der Waals surface area contributed by atoms with Gasteiger partial charge in [-0.3, -0.25) is 52.9 Å². The third-order valence-electron chi connectivity index (χ3n) is 22.6. The van der Waals surface area contributed by atoms with Crippen LogP contribution in [0, 0.1) is 17.3 Å². The lowest BCUT2D eigenvalue weighted by molar-refractivity contribution is -0.203. The lowest BCUT2D eigenvalue weighted by atomic mass is 9.47. The second kappa shape index (κ2) is 30.0. The molecule has 1 spiro atoms. The van der Waals surface area contributed by atoms with Gasteiger partial charge in [0.2, 0.25) is 23.6 Å². The molecule has 2 aromatic heterocycles. The molecule has 5 aliphatic heterocycles. The first-order valence-electron chi connectivity index (χ1n) is 35.1. The summed E-state index contributed by atoms with van der Waals surface area (Å²) in [5.74, 6) is -11.9. The minimum absolute atomic E-state index is 0.0673. The number of thioether (sulfide) groups is 1. The summed E-state index contributed by atoms with van der Waals surface area (Å²) in [4.78, 5) is 122. The molecule has 14 atom stereocenters. The number of H-pyrrole nitrogens is 1. The van der Waals surface area contributed by atoms with E-state index in [9.17, 15) is 69.6 Å². The highest BCUT2D eigenvalue weighted by Gasteiger charge is 2.79. The number of nitrogens with one attached hydrogen (secondary N) is 5. The van der Waals surface area contributed by atoms with Crippen molar-refractivity contribution < 1.29 is 88.7 Å². The first-order chi connectivity index (χ1) is 49.9. The van der Waals surface area contributed by atoms with Crippen LogP contribution in [0.4, 0.5) is 5.69 Å². The number of aliphatic hydroxyl groups excluding tert-OH is 1. The van der Waals surface area contributed by atoms with Gasteiger partial charge in [-0.05, 0) is 112 Å². The van der Waals surface area contributed by atoms with Gasteiger partial charge in [0.1, 0.15) is 35.4 Å². The smallest absolute Gasteiger partial charge is 0.327 e. The summed E-state index contributed by atoms with van der Waals surface area (Å²) < 4.78 is 13.5. The van der Waals surface area contributed by atoms with Gasteiger partial charge in [0, 0.05) is 108 Å². The number of nitrogens with two attached hydrogens (primary N) is 2. The number of nitrogens with zero attached hydrogens (tertiary/aromatic N) is 6. The third kappa shape index (κ3) is 13.8. The number of carbonyl (C=O) groups excluding carboxylic acids is 5. The average molecular weight is 1470 g/mol. The molecule has 6 aliphatic rings. The van der Waals surface area contributed by atoms with Gasteiger partial charge in [0.05, 0.1) is 55.0 Å². The molecule has 4 amide bonds. The van der Waals surface area contributed by atoms with E-state index in [4.69, 9.17) is 20.9 Å². The number of carboxylic acid groups (broad SMARTS) is 3. The SMILES string of the molecule is CC[C@]1(O)C[C@H]2CN(CCc3c([nH]c4ccccc34)[C@@](C(=O)OC)(c3cc4c(cc3OC)N(C)[C@@H]3[C@]45CCN4CC=C[C@@](CC)(C(O)[C@]3(O)C(=O)NN=C(C)c3ccc(-n6c(O)cc(SC[C@H](NC(=O)[C@H](CC(=O)O)NC(=O)[C@H](CC(=O)O)NC(=O)[C@@H](C)CCCN=C(N)N)C(=O)O)c6O)cc3)[C@H]45)C2)C1. The van der Waals surface area contributed by atoms with E-state index in [-0.39, 0.29) is 47.6 Å². The molecule has 1 saturated carbocycles. The number of aliphatic carboxylic acids is 3. The number of aromatic nitrogens is 2. The predicted octanol–water partition coefficient (Wildman–Crippen LogP) is 2.26. The van der Waals surface area contributed by atoms with Crippen molar-refractivity contribution in [1.82, 2.24) is 40.7 Å². The topological polar surface area (TPSA) is 472 Å². The van der Waals surface area contributed by atoms with Gasteiger partial charge in [0.15, 0.2) is 17.4 Å². The summed E-state index contributed by atoms with van der Waals surface area (Å²) >= 11 is 0.678. The molecule has 5 aromatic rings. The number of aromatic hydroxyl groups is 2. The molecular weight excluding hydrogens is 1380 g/mol. The minimum Gasteiger partial charge on any atom is -0.496 e. The van der Waals surface area contributed by atoms with Crippen molar-refractivity contribution in [2.45, 2.75) is 155 Å². The standard InChI is InChI=1S/C73H93N13O18S/c1-8-69(101)33-40-34-72(67(100)104-7,57-44(21-26-84(35-40)37-69)43-15-10-11-16-47(43)77-57)46-28-45-51(31-52(46)103-6)83(5)64-71(45)23-27-85-25-13-22-70(9-2,63(71)85)65(98)73(64,102)66(99)82-81-39(4)41-17-19-42(20-18-41)86-54(87)32-53(61(86)95)105-36-50(62(96)97)80-60(94)49(30-56(90)91)79-59(93)48(29-55(88)89)78-58(92)38(3)14-12-24-76-68(74)75/h10-11,13,15-20,22,28,31-32,38,40,48-50,63-65,77,87,95,98,101-102H,8-9,12,14,21,23-27,29-30,33-37H2,1-7H3,(H,78,92)(H,79,93)(H,80,94)(H,82,99)(H,88,89)(H,90,91)(H,96,97)(H4,74,75,76)/t38-,40+,48-,49-,50-,63-,64+,65?,69-,70+,71+,72-,73-/m0/s1. The zero-order valence-corrected chi connectivity index (χ0v) is 60.4. The predicted molar refractivity (Wildman–Crippen MR) is 386 cm³/mol. The summed E-state index contributed by atoms with van der Waals surface area (Å²) in [5.41, 5.74) is 11.0. The van der Waals surface area contributed by atoms with E-state index in [2.05, 4.69) is 46.3 Å². The van der Waals surface area contributed by atoms with Crippen LogP contribution in [0.25, 0.3) is 16.6 Å². The van der Waals surface area contributed by atoms with Crippen LogP contribution in [0.3, 0.4) is 0 Å². The van der Waals surface area contributed by atoms with Crippen molar-refractivity contribution in [2.24, 2.45) is 38.8 Å². The van der Waals surface area contributed by atoms with E-state index in [1.807, 2.05) is 67.3 Å². The third-order valence-corrected chi connectivity index (χ3v) is 23.7. The van der Waals surface area contributed by atoms with E-state index >= 15 is 9.59 Å². The highest BCUT2D eigenvalue weighted by molar-refractivity contribution is 7.99. The number of fused-ring (bicyclic) bond motifs is 6. The second-order valence-corrected chi connectivity index (χ2v) is 29.8. The lowest BCUT2D eigenvalue weighted by Gasteiger charge is -2.63. The van der Waals surface area contributed by atoms with Crippen molar-refractivity contribution in [3.8, 4) is 23.2 Å². The number of piperidine rings is 1. The number of likely N-dealkylation sites (N-methyl/N-ethyl adjacent to an activating group) is 1. The maximum Gasteiger partial charge on any atom is 0.327 e. The minimum atomic E-state index is -2.60. The number of guanidine groups is 1. The number of anilines is 1. The molecule has 17 N–H and O–H groups in total. The molecule has 3 aromatic carbocycles. The quantitative estimate of drug-likeness (QED) is 0.00682. The number of methoxy groups -OCH3 is 2. The molecule has 3 fully saturated rings. The molecule has 564 valence electrons. The maximum atomic E-state index is 15.7. The molecule has 0 radical (unpaired) electrons. The number of esters is 1. The largest absolute Gasteiger partial charge is 0.496 e. The van der Waals surface area contributed by atoms with Gasteiger partial charge in [-0.25, -0.2) is 10.2 Å². The van der Waals surface area contributed by atoms with E-state index < -0.39 is 148 Å². The van der Waals surface area contributed by atoms with Crippen molar-refractivity contribution in [3.05, 3.63) is 107 Å². The number of para-hydroxylation sites is 1. The number of carbonyl (C=O) groups is 8. The molecule has 7 heterocycles. The van der Waals surface area contributed by atoms with E-state index in [0.29, 0.717) is 111 Å². The van der Waals surface area contributed by atoms with Crippen LogP contribution in [-0.2, 0) is 60.3 Å². The highest BCUT2D eigenvalue weighted by atomic mass is 32.2. The van der Waals surface area contributed by atoms with Gasteiger partial charge in [-0.15, -0.1) is 11.8 Å². The van der Waals surface area contributed by atoms with E-state index in [1.165, 1.54) is 26.2 Å². The van der Waals surface area contributed by atoms with Gasteiger partial charge in [-0.2, -0.15) is 5.10 Å². The van der Waals surface area contributed by atoms with Crippen LogP contribution < -0.4 is 42.5 Å². The molecule has 11 rings (SSSR count). The summed E-state index contributed by atoms with van der Waals surface area (Å²) in [6, 6.07) is 11.9. The summed E-state index contributed by atoms with van der Waals surface area (Å²) in [5, 5.41) is 103. The first kappa shape index (κ1) is 76.4. The van der Waals surface area contributed by atoms with Gasteiger partial charge >= 0.3 is 23.9 Å². The van der Waals surface area contributed by atoms with Crippen LogP contribution in [0.1, 0.15) is 113 Å². The van der Waals surface area contributed by atoms with Crippen molar-refractivity contribution in [2.75, 3.05) is 71.2 Å². The number of ether oxygens (including phenoxy) is 2. The van der Waals surface area contributed by atoms with Crippen molar-refractivity contribution >= 4 is 87.5 Å². The molecule has 2 saturated heterocycles. The van der Waals surface area contributed by atoms with E-state index in [0.717, 1.165) is 32.7 Å². The van der Waals surface area contributed by atoms with Crippen LogP contribution in [0.2, 0.25) is 0 Å². The Kier molecular flexibility index (Phi) is 21.8. The number of benzene rings is 3. The van der Waals surface area contributed by atoms with Crippen LogP contribution >= 0.6 is 11.8 Å². The normalized spacial score (nSPS) is 27.0. The number of hydrogen-bond donors (Lipinski definition) is 15. The summed E-state index contributed by atoms with van der Waals surface area (Å²) in [6.07, 6.45) is 3.18. The Morgan fingerprint density at radius 2 is 1.51 bits per heavy atom. The Morgan fingerprint density at radius 1 is 0.838 bits per heavy atom. The Bertz CT molecular complexity index is 4330. The zero-order valence-electron chi connectivity index (χ0n) is 59.6. The number of aliphatic hydroxyl groups is 3. The number of carboxylic acids is 3. The molecule has 32 heteroatoms. The monoisotopic (exact) mass is 1470 g/mol. The first-order valence-corrected chi connectivity index (χ1v) is 36.1. The fraction of sp³-hybridized carbons (Fsp3) is 0.507. The van der Waals surface area contributed by atoms with Crippen LogP contribution in [-0.4, -0.2) is 233 Å². The fourth-order valence-electron chi connectivity index (χ4n) is 17.7. The number of amides is 4.